The van der Waals surface area contributed by atoms with Gasteiger partial charge in [0.1, 0.15) is 5.82 Å². The van der Waals surface area contributed by atoms with Crippen molar-refractivity contribution >= 4 is 22.4 Å². The third-order valence-electron chi connectivity index (χ3n) is 1.77. The highest BCUT2D eigenvalue weighted by atomic mass is 35.5. The van der Waals surface area contributed by atoms with E-state index in [1.165, 1.54) is 18.2 Å². The summed E-state index contributed by atoms with van der Waals surface area (Å²) in [4.78, 5) is 0. The molecule has 1 aromatic rings. The van der Waals surface area contributed by atoms with Crippen molar-refractivity contribution in [2.24, 2.45) is 5.73 Å². The van der Waals surface area contributed by atoms with Crippen LogP contribution in [0.2, 0.25) is 0 Å². The fourth-order valence-electron chi connectivity index (χ4n) is 1.09. The molecule has 0 spiro atoms. The van der Waals surface area contributed by atoms with Gasteiger partial charge in [-0.25, -0.2) is 17.5 Å². The van der Waals surface area contributed by atoms with E-state index in [0.717, 1.165) is 0 Å². The van der Waals surface area contributed by atoms with Gasteiger partial charge in [0.25, 0.3) is 0 Å². The molecule has 0 unspecified atom stereocenters. The monoisotopic (exact) mass is 268 g/mol. The molecule has 0 aliphatic carbocycles. The van der Waals surface area contributed by atoms with Crippen LogP contribution in [-0.4, -0.2) is 21.5 Å². The number of rotatable bonds is 5. The van der Waals surface area contributed by atoms with Crippen molar-refractivity contribution in [3.63, 3.8) is 0 Å². The lowest BCUT2D eigenvalue weighted by Gasteiger charge is -2.05. The lowest BCUT2D eigenvalue weighted by atomic mass is 10.2. The summed E-state index contributed by atoms with van der Waals surface area (Å²) < 4.78 is 38.1. The molecular formula is C9H14ClFN2O2S. The molecule has 1 aromatic carbocycles. The van der Waals surface area contributed by atoms with Crippen molar-refractivity contribution in [2.75, 3.05) is 13.1 Å². The summed E-state index contributed by atoms with van der Waals surface area (Å²) in [5.41, 5.74) is 5.31. The molecule has 92 valence electrons. The van der Waals surface area contributed by atoms with Crippen LogP contribution in [0.15, 0.2) is 24.3 Å². The van der Waals surface area contributed by atoms with Crippen LogP contribution in [0.1, 0.15) is 5.56 Å². The molecule has 0 saturated heterocycles. The smallest absolute Gasteiger partial charge is 0.215 e. The van der Waals surface area contributed by atoms with Crippen LogP contribution in [0.25, 0.3) is 0 Å². The molecule has 0 aliphatic heterocycles. The van der Waals surface area contributed by atoms with E-state index in [0.29, 0.717) is 0 Å². The Balaban J connectivity index is 0.00000225. The fourth-order valence-corrected chi connectivity index (χ4v) is 2.26. The van der Waals surface area contributed by atoms with E-state index >= 15 is 0 Å². The predicted molar refractivity (Wildman–Crippen MR) is 63.3 cm³/mol. The molecule has 0 heterocycles. The standard InChI is InChI=1S/C9H13FN2O2S.ClH/c10-9-4-2-1-3-8(9)7-15(13,14)12-6-5-11;/h1-4,12H,5-7,11H2;1H. The van der Waals surface area contributed by atoms with Crippen LogP contribution >= 0.6 is 12.4 Å². The molecule has 0 saturated carbocycles. The normalized spacial score (nSPS) is 10.9. The van der Waals surface area contributed by atoms with Crippen molar-refractivity contribution in [3.05, 3.63) is 35.6 Å². The van der Waals surface area contributed by atoms with Gasteiger partial charge >= 0.3 is 0 Å². The Morgan fingerprint density at radius 2 is 1.94 bits per heavy atom. The van der Waals surface area contributed by atoms with Crippen molar-refractivity contribution in [3.8, 4) is 0 Å². The average molecular weight is 269 g/mol. The molecule has 16 heavy (non-hydrogen) atoms. The second-order valence-corrected chi connectivity index (χ2v) is 4.84. The molecule has 7 heteroatoms. The average Bonchev–Trinajstić information content (AvgIpc) is 2.18. The molecule has 0 fully saturated rings. The number of hydrogen-bond donors (Lipinski definition) is 2. The second-order valence-electron chi connectivity index (χ2n) is 3.03. The number of nitrogens with two attached hydrogens (primary N) is 1. The van der Waals surface area contributed by atoms with Gasteiger partial charge in [-0.2, -0.15) is 0 Å². The Morgan fingerprint density at radius 3 is 2.50 bits per heavy atom. The van der Waals surface area contributed by atoms with Gasteiger partial charge < -0.3 is 5.73 Å². The molecule has 0 atom stereocenters. The third kappa shape index (κ3) is 4.89. The maximum atomic E-state index is 13.1. The highest BCUT2D eigenvalue weighted by Gasteiger charge is 2.12. The Morgan fingerprint density at radius 1 is 1.31 bits per heavy atom. The van der Waals surface area contributed by atoms with Crippen LogP contribution < -0.4 is 10.5 Å². The number of nitrogens with one attached hydrogen (secondary N) is 1. The van der Waals surface area contributed by atoms with Crippen LogP contribution in [0.3, 0.4) is 0 Å². The highest BCUT2D eigenvalue weighted by molar-refractivity contribution is 7.88. The summed E-state index contributed by atoms with van der Waals surface area (Å²) in [6.45, 7) is 0.382. The van der Waals surface area contributed by atoms with Gasteiger partial charge in [0.15, 0.2) is 0 Å². The SMILES string of the molecule is Cl.NCCNS(=O)(=O)Cc1ccccc1F. The first-order chi connectivity index (χ1) is 7.05. The minimum absolute atomic E-state index is 0. The van der Waals surface area contributed by atoms with Crippen LogP contribution in [0.4, 0.5) is 4.39 Å². The zero-order chi connectivity index (χ0) is 11.3. The summed E-state index contributed by atoms with van der Waals surface area (Å²) in [6, 6.07) is 5.78. The summed E-state index contributed by atoms with van der Waals surface area (Å²) in [5.74, 6) is -0.879. The van der Waals surface area contributed by atoms with E-state index < -0.39 is 15.8 Å². The zero-order valence-corrected chi connectivity index (χ0v) is 10.2. The van der Waals surface area contributed by atoms with Crippen molar-refractivity contribution in [2.45, 2.75) is 5.75 Å². The minimum Gasteiger partial charge on any atom is -0.329 e. The van der Waals surface area contributed by atoms with E-state index in [-0.39, 0.29) is 36.8 Å². The molecule has 3 N–H and O–H groups in total. The van der Waals surface area contributed by atoms with Gasteiger partial charge in [-0.15, -0.1) is 12.4 Å². The number of benzene rings is 1. The summed E-state index contributed by atoms with van der Waals surface area (Å²) in [6.07, 6.45) is 0. The Labute approximate surface area is 100 Å². The summed E-state index contributed by atoms with van der Waals surface area (Å²) in [7, 11) is -3.49. The number of hydrogen-bond acceptors (Lipinski definition) is 3. The zero-order valence-electron chi connectivity index (χ0n) is 8.52. The van der Waals surface area contributed by atoms with E-state index in [1.54, 1.807) is 6.07 Å². The molecule has 0 amide bonds. The molecule has 0 bridgehead atoms. The third-order valence-corrected chi connectivity index (χ3v) is 3.10. The van der Waals surface area contributed by atoms with E-state index in [4.69, 9.17) is 5.73 Å². The lowest BCUT2D eigenvalue weighted by Crippen LogP contribution is -2.30. The Hall–Kier alpha value is -0.690. The predicted octanol–water partition coefficient (Wildman–Crippen LogP) is 0.626. The molecule has 0 radical (unpaired) electrons. The quantitative estimate of drug-likeness (QED) is 0.823. The summed E-state index contributed by atoms with van der Waals surface area (Å²) in [5, 5.41) is 0. The molecule has 0 aromatic heterocycles. The van der Waals surface area contributed by atoms with Gasteiger partial charge in [0.2, 0.25) is 10.0 Å². The largest absolute Gasteiger partial charge is 0.329 e. The van der Waals surface area contributed by atoms with E-state index in [1.807, 2.05) is 0 Å². The molecule has 1 rings (SSSR count). The first-order valence-electron chi connectivity index (χ1n) is 4.46. The van der Waals surface area contributed by atoms with Crippen LogP contribution in [-0.2, 0) is 15.8 Å². The molecule has 0 aliphatic rings. The first-order valence-corrected chi connectivity index (χ1v) is 6.11. The van der Waals surface area contributed by atoms with Gasteiger partial charge in [0.05, 0.1) is 5.75 Å². The van der Waals surface area contributed by atoms with Crippen molar-refractivity contribution in [1.29, 1.82) is 0 Å². The van der Waals surface area contributed by atoms with Crippen molar-refractivity contribution < 1.29 is 12.8 Å². The van der Waals surface area contributed by atoms with Gasteiger partial charge in [-0.05, 0) is 6.07 Å². The fraction of sp³-hybridized carbons (Fsp3) is 0.333. The molecule has 4 nitrogen and oxygen atoms in total. The lowest BCUT2D eigenvalue weighted by molar-refractivity contribution is 0.575. The second kappa shape index (κ2) is 6.80. The number of sulfonamides is 1. The maximum Gasteiger partial charge on any atom is 0.215 e. The van der Waals surface area contributed by atoms with Gasteiger partial charge in [-0.3, -0.25) is 0 Å². The minimum atomic E-state index is -3.49. The van der Waals surface area contributed by atoms with E-state index in [2.05, 4.69) is 4.72 Å². The number of halogens is 2. The first kappa shape index (κ1) is 15.3. The Bertz CT molecular complexity index is 425. The van der Waals surface area contributed by atoms with Gasteiger partial charge in [-0.1, -0.05) is 18.2 Å². The highest BCUT2D eigenvalue weighted by Crippen LogP contribution is 2.09. The maximum absolute atomic E-state index is 13.1. The van der Waals surface area contributed by atoms with Crippen LogP contribution in [0, 0.1) is 5.82 Å². The van der Waals surface area contributed by atoms with Gasteiger partial charge in [0, 0.05) is 18.7 Å². The van der Waals surface area contributed by atoms with Crippen molar-refractivity contribution in [1.82, 2.24) is 4.72 Å². The molecular weight excluding hydrogens is 255 g/mol. The summed E-state index contributed by atoms with van der Waals surface area (Å²) >= 11 is 0. The van der Waals surface area contributed by atoms with Crippen LogP contribution in [0.5, 0.6) is 0 Å². The topological polar surface area (TPSA) is 72.2 Å². The van der Waals surface area contributed by atoms with E-state index in [9.17, 15) is 12.8 Å². The Kier molecular flexibility index (Phi) is 6.51.